The summed E-state index contributed by atoms with van der Waals surface area (Å²) in [6.07, 6.45) is 3.69. The molecule has 13 heteroatoms. The Bertz CT molecular complexity index is 1850. The number of likely N-dealkylation sites (N-methyl/N-ethyl adjacent to an activating group) is 2. The number of phosphoric acid groups is 1. The summed E-state index contributed by atoms with van der Waals surface area (Å²) in [5.74, 6) is 1.67. The summed E-state index contributed by atoms with van der Waals surface area (Å²) < 4.78 is 34.7. The van der Waals surface area contributed by atoms with E-state index in [4.69, 9.17) is 38.2 Å². The maximum Gasteiger partial charge on any atom is 0.318 e. The summed E-state index contributed by atoms with van der Waals surface area (Å²) >= 11 is 0. The van der Waals surface area contributed by atoms with Gasteiger partial charge in [-0.1, -0.05) is 100 Å². The first-order valence-electron chi connectivity index (χ1n) is 21.6. The van der Waals surface area contributed by atoms with Gasteiger partial charge in [-0.2, -0.15) is 0 Å². The van der Waals surface area contributed by atoms with E-state index < -0.39 is 19.7 Å². The average molecular weight is 861 g/mol. The van der Waals surface area contributed by atoms with Crippen LogP contribution < -0.4 is 19.3 Å². The molecule has 332 valence electrons. The van der Waals surface area contributed by atoms with Crippen LogP contribution in [0.4, 0.5) is 0 Å². The third-order valence-electron chi connectivity index (χ3n) is 11.7. The third kappa shape index (κ3) is 13.7. The maximum atomic E-state index is 13.3. The predicted octanol–water partition coefficient (Wildman–Crippen LogP) is 8.05. The molecule has 0 aromatic heterocycles. The molecule has 0 bridgehead atoms. The molecule has 2 heterocycles. The number of hydrogen-bond donors (Lipinski definition) is 1. The van der Waals surface area contributed by atoms with E-state index in [-0.39, 0.29) is 24.1 Å². The Morgan fingerprint density at radius 1 is 0.590 bits per heavy atom. The zero-order valence-corrected chi connectivity index (χ0v) is 38.0. The standard InChI is InChI=1S/2C24H32NO3.H3O4P/c2*1-5-16-25(4,7-3)17-18(6-2)27-24(26)23-19-12-8-10-14-21(19)28-22-15-11-9-13-20(22)23;1-5(2,3)4/h2*8-15,18,23H,5-7,16-17H2,1-4H3;(H3,1,2,3,4)/q2*+1;/p-2. The Morgan fingerprint density at radius 3 is 1.08 bits per heavy atom. The van der Waals surface area contributed by atoms with E-state index >= 15 is 0 Å². The first-order chi connectivity index (χ1) is 29.0. The van der Waals surface area contributed by atoms with Gasteiger partial charge in [0.15, 0.2) is 12.2 Å². The second kappa shape index (κ2) is 22.5. The molecule has 4 unspecified atom stereocenters. The minimum Gasteiger partial charge on any atom is -0.790 e. The van der Waals surface area contributed by atoms with E-state index in [1.165, 1.54) is 0 Å². The summed E-state index contributed by atoms with van der Waals surface area (Å²) in [6.45, 7) is 18.9. The number of fused-ring (bicyclic) bond motifs is 4. The highest BCUT2D eigenvalue weighted by atomic mass is 31.2. The number of hydrogen-bond acceptors (Lipinski definition) is 9. The molecule has 1 N–H and O–H groups in total. The van der Waals surface area contributed by atoms with E-state index in [1.54, 1.807) is 0 Å². The largest absolute Gasteiger partial charge is 0.790 e. The summed E-state index contributed by atoms with van der Waals surface area (Å²) in [7, 11) is -0.641. The van der Waals surface area contributed by atoms with Crippen LogP contribution in [-0.4, -0.2) is 91.4 Å². The van der Waals surface area contributed by atoms with Crippen molar-refractivity contribution in [1.29, 1.82) is 0 Å². The summed E-state index contributed by atoms with van der Waals surface area (Å²) in [5.41, 5.74) is 3.51. The zero-order chi connectivity index (χ0) is 44.8. The zero-order valence-electron chi connectivity index (χ0n) is 37.1. The molecule has 4 aromatic rings. The van der Waals surface area contributed by atoms with Gasteiger partial charge in [-0.3, -0.25) is 9.59 Å². The van der Waals surface area contributed by atoms with E-state index in [9.17, 15) is 9.59 Å². The fraction of sp³-hybridized carbons (Fsp3) is 0.458. The Balaban J connectivity index is 0.000000242. The van der Waals surface area contributed by atoms with Gasteiger partial charge in [-0.05, 0) is 63.8 Å². The van der Waals surface area contributed by atoms with Crippen molar-refractivity contribution in [3.8, 4) is 23.0 Å². The lowest BCUT2D eigenvalue weighted by Gasteiger charge is -2.36. The fourth-order valence-corrected chi connectivity index (χ4v) is 8.11. The number of para-hydroxylation sites is 4. The van der Waals surface area contributed by atoms with Crippen molar-refractivity contribution in [3.05, 3.63) is 119 Å². The van der Waals surface area contributed by atoms with Gasteiger partial charge >= 0.3 is 11.9 Å². The molecule has 2 aliphatic heterocycles. The van der Waals surface area contributed by atoms with E-state index in [2.05, 4.69) is 55.6 Å². The van der Waals surface area contributed by atoms with E-state index in [0.29, 0.717) is 0 Å². The van der Waals surface area contributed by atoms with Crippen LogP contribution in [-0.2, 0) is 23.6 Å². The molecule has 0 saturated heterocycles. The Morgan fingerprint density at radius 2 is 0.852 bits per heavy atom. The number of nitrogens with zero attached hydrogens (tertiary/aromatic N) is 2. The highest BCUT2D eigenvalue weighted by molar-refractivity contribution is 7.42. The van der Waals surface area contributed by atoms with Gasteiger partial charge in [0.2, 0.25) is 0 Å². The first-order valence-corrected chi connectivity index (χ1v) is 23.1. The Kier molecular flexibility index (Phi) is 18.1. The topological polar surface area (TPSA) is 154 Å². The maximum absolute atomic E-state index is 13.3. The van der Waals surface area contributed by atoms with Crippen molar-refractivity contribution in [2.24, 2.45) is 0 Å². The van der Waals surface area contributed by atoms with Crippen molar-refractivity contribution in [1.82, 2.24) is 0 Å². The van der Waals surface area contributed by atoms with Crippen LogP contribution in [0.1, 0.15) is 101 Å². The number of carbonyl (C=O) groups excluding carboxylic acids is 2. The second-order valence-electron chi connectivity index (χ2n) is 16.3. The lowest BCUT2D eigenvalue weighted by atomic mass is 9.88. The van der Waals surface area contributed by atoms with Gasteiger partial charge in [0.05, 0.1) is 48.1 Å². The lowest BCUT2D eigenvalue weighted by Crippen LogP contribution is -2.50. The predicted molar refractivity (Wildman–Crippen MR) is 233 cm³/mol. The highest BCUT2D eigenvalue weighted by Gasteiger charge is 2.37. The molecule has 0 saturated carbocycles. The molecular formula is C48H65N2O10P. The van der Waals surface area contributed by atoms with Crippen LogP contribution in [0.15, 0.2) is 97.1 Å². The second-order valence-corrected chi connectivity index (χ2v) is 17.2. The monoisotopic (exact) mass is 860 g/mol. The molecule has 6 rings (SSSR count). The number of quaternary nitrogens is 2. The quantitative estimate of drug-likeness (QED) is 0.0665. The van der Waals surface area contributed by atoms with Crippen molar-refractivity contribution in [2.75, 3.05) is 53.4 Å². The molecule has 2 aliphatic rings. The Labute approximate surface area is 362 Å². The minimum atomic E-state index is -5.14. The SMILES string of the molecule is CCC[N+](C)(CC)CC(CC)OC(=O)C1c2ccccc2Oc2ccccc21.CCC[N+](C)(CC)CC(CC)OC(=O)C1c2ccccc2Oc2ccccc21.O=P([O-])([O-])O. The summed E-state index contributed by atoms with van der Waals surface area (Å²) in [5, 5.41) is 0. The smallest absolute Gasteiger partial charge is 0.318 e. The van der Waals surface area contributed by atoms with Crippen molar-refractivity contribution < 1.29 is 56.7 Å². The van der Waals surface area contributed by atoms with Crippen LogP contribution in [0.5, 0.6) is 23.0 Å². The van der Waals surface area contributed by atoms with E-state index in [1.807, 2.05) is 97.1 Å². The number of esters is 2. The molecule has 61 heavy (non-hydrogen) atoms. The number of carbonyl (C=O) groups is 2. The lowest BCUT2D eigenvalue weighted by molar-refractivity contribution is -0.910. The number of rotatable bonds is 16. The molecule has 4 aromatic carbocycles. The molecule has 0 aliphatic carbocycles. The van der Waals surface area contributed by atoms with E-state index in [0.717, 1.165) is 119 Å². The van der Waals surface area contributed by atoms with Crippen molar-refractivity contribution in [3.63, 3.8) is 0 Å². The van der Waals surface area contributed by atoms with Crippen LogP contribution in [0, 0.1) is 0 Å². The molecule has 12 nitrogen and oxygen atoms in total. The fourth-order valence-electron chi connectivity index (χ4n) is 8.11. The van der Waals surface area contributed by atoms with Crippen LogP contribution in [0.2, 0.25) is 0 Å². The molecule has 4 atom stereocenters. The highest BCUT2D eigenvalue weighted by Crippen LogP contribution is 2.46. The molecular weight excluding hydrogens is 796 g/mol. The van der Waals surface area contributed by atoms with Crippen molar-refractivity contribution >= 4 is 19.8 Å². The number of ether oxygens (including phenoxy) is 4. The van der Waals surface area contributed by atoms with Gasteiger partial charge < -0.3 is 47.2 Å². The van der Waals surface area contributed by atoms with Crippen LogP contribution in [0.25, 0.3) is 0 Å². The molecule has 0 radical (unpaired) electrons. The average Bonchev–Trinajstić information content (AvgIpc) is 3.23. The normalized spacial score (nSPS) is 15.9. The summed E-state index contributed by atoms with van der Waals surface area (Å²) in [6, 6.07) is 31.0. The Hall–Kier alpha value is -4.55. The van der Waals surface area contributed by atoms with Crippen LogP contribution in [0.3, 0.4) is 0 Å². The third-order valence-corrected chi connectivity index (χ3v) is 11.7. The number of benzene rings is 4. The van der Waals surface area contributed by atoms with Crippen LogP contribution >= 0.6 is 7.82 Å². The van der Waals surface area contributed by atoms with Gasteiger partial charge in [0.25, 0.3) is 0 Å². The van der Waals surface area contributed by atoms with Gasteiger partial charge in [-0.15, -0.1) is 0 Å². The first kappa shape index (κ1) is 49.1. The minimum absolute atomic E-state index is 0.0915. The molecule has 0 spiro atoms. The van der Waals surface area contributed by atoms with Gasteiger partial charge in [0, 0.05) is 22.3 Å². The summed E-state index contributed by atoms with van der Waals surface area (Å²) in [4.78, 5) is 51.0. The van der Waals surface area contributed by atoms with Crippen molar-refractivity contribution in [2.45, 2.75) is 91.3 Å². The molecule has 0 fully saturated rings. The molecule has 0 amide bonds. The van der Waals surface area contributed by atoms with Gasteiger partial charge in [-0.25, -0.2) is 0 Å². The van der Waals surface area contributed by atoms with Gasteiger partial charge in [0.1, 0.15) is 47.9 Å².